The van der Waals surface area contributed by atoms with Gasteiger partial charge in [-0.3, -0.25) is 0 Å². The van der Waals surface area contributed by atoms with Crippen LogP contribution < -0.4 is 0 Å². The van der Waals surface area contributed by atoms with Crippen molar-refractivity contribution in [1.29, 1.82) is 0 Å². The minimum Gasteiger partial charge on any atom is -0.309 e. The molecule has 0 atom stereocenters. The van der Waals surface area contributed by atoms with Gasteiger partial charge in [0.15, 0.2) is 0 Å². The third-order valence-electron chi connectivity index (χ3n) is 5.26. The van der Waals surface area contributed by atoms with Crippen molar-refractivity contribution in [1.82, 2.24) is 4.57 Å². The second kappa shape index (κ2) is 5.81. The second-order valence-corrected chi connectivity index (χ2v) is 9.06. The summed E-state index contributed by atoms with van der Waals surface area (Å²) < 4.78 is 6.38. The lowest BCUT2D eigenvalue weighted by molar-refractivity contribution is 1.18. The third kappa shape index (κ3) is 2.22. The molecule has 6 aromatic rings. The van der Waals surface area contributed by atoms with Gasteiger partial charge in [-0.2, -0.15) is 0 Å². The molecule has 0 N–H and O–H groups in total. The lowest BCUT2D eigenvalue weighted by Crippen LogP contribution is -1.93. The van der Waals surface area contributed by atoms with Crippen molar-refractivity contribution in [2.75, 3.05) is 0 Å². The van der Waals surface area contributed by atoms with E-state index in [1.165, 1.54) is 51.2 Å². The molecule has 0 spiro atoms. The van der Waals surface area contributed by atoms with Crippen LogP contribution in [0.1, 0.15) is 0 Å². The van der Waals surface area contributed by atoms with Gasteiger partial charge in [0.05, 0.1) is 11.0 Å². The normalized spacial score (nSPS) is 11.9. The van der Waals surface area contributed by atoms with Crippen LogP contribution in [0.25, 0.3) is 47.7 Å². The van der Waals surface area contributed by atoms with Crippen LogP contribution in [0.3, 0.4) is 0 Å². The van der Waals surface area contributed by atoms with Crippen LogP contribution in [0, 0.1) is 3.57 Å². The maximum absolute atomic E-state index is 2.39. The Kier molecular flexibility index (Phi) is 3.37. The number of rotatable bonds is 1. The van der Waals surface area contributed by atoms with E-state index in [-0.39, 0.29) is 0 Å². The molecule has 0 saturated heterocycles. The fraction of sp³-hybridized carbons (Fsp3) is 0. The first kappa shape index (κ1) is 15.7. The Morgan fingerprint density at radius 2 is 1.37 bits per heavy atom. The molecule has 0 saturated carbocycles. The summed E-state index contributed by atoms with van der Waals surface area (Å²) in [5, 5.41) is 5.39. The number of aromatic nitrogens is 1. The summed E-state index contributed by atoms with van der Waals surface area (Å²) in [6.07, 6.45) is 0. The third-order valence-corrected chi connectivity index (χ3v) is 7.19. The quantitative estimate of drug-likeness (QED) is 0.214. The minimum atomic E-state index is 1.21. The monoisotopic (exact) mass is 475 g/mol. The van der Waals surface area contributed by atoms with Crippen molar-refractivity contribution < 1.29 is 0 Å². The Morgan fingerprint density at radius 1 is 0.630 bits per heavy atom. The largest absolute Gasteiger partial charge is 0.309 e. The highest BCUT2D eigenvalue weighted by Gasteiger charge is 2.16. The summed E-state index contributed by atoms with van der Waals surface area (Å²) in [6.45, 7) is 0. The number of benzene rings is 4. The molecular weight excluding hydrogens is 461 g/mol. The first-order valence-electron chi connectivity index (χ1n) is 8.90. The molecule has 2 aromatic heterocycles. The maximum Gasteiger partial charge on any atom is 0.0555 e. The highest BCUT2D eigenvalue weighted by Crippen LogP contribution is 2.43. The summed E-state index contributed by atoms with van der Waals surface area (Å²) in [4.78, 5) is 0. The van der Waals surface area contributed by atoms with Gasteiger partial charge in [0.1, 0.15) is 0 Å². The zero-order valence-corrected chi connectivity index (χ0v) is 17.3. The van der Waals surface area contributed by atoms with Gasteiger partial charge in [-0.15, -0.1) is 11.3 Å². The van der Waals surface area contributed by atoms with E-state index in [9.17, 15) is 0 Å². The predicted molar refractivity (Wildman–Crippen MR) is 126 cm³/mol. The molecule has 0 fully saturated rings. The van der Waals surface area contributed by atoms with Crippen molar-refractivity contribution >= 4 is 75.9 Å². The minimum absolute atomic E-state index is 1.21. The number of hydrogen-bond donors (Lipinski definition) is 0. The molecule has 0 amide bonds. The SMILES string of the molecule is Ic1ccc(-n2c3ccccc3c3c4sc5ccccc5c4ccc32)cc1. The highest BCUT2D eigenvalue weighted by atomic mass is 127. The fourth-order valence-corrected chi connectivity index (χ4v) is 5.72. The van der Waals surface area contributed by atoms with Crippen LogP contribution in [0.4, 0.5) is 0 Å². The topological polar surface area (TPSA) is 4.93 Å². The van der Waals surface area contributed by atoms with Crippen molar-refractivity contribution in [2.45, 2.75) is 0 Å². The molecule has 6 rings (SSSR count). The van der Waals surface area contributed by atoms with Gasteiger partial charge in [0, 0.05) is 40.2 Å². The molecule has 0 aliphatic carbocycles. The van der Waals surface area contributed by atoms with Crippen molar-refractivity contribution in [2.24, 2.45) is 0 Å². The molecule has 0 aliphatic rings. The number of para-hydroxylation sites is 1. The zero-order valence-electron chi connectivity index (χ0n) is 14.3. The molecular formula is C24H14INS. The Bertz CT molecular complexity index is 1470. The molecule has 2 heterocycles. The summed E-state index contributed by atoms with van der Waals surface area (Å²) in [5.41, 5.74) is 3.75. The lowest BCUT2D eigenvalue weighted by atomic mass is 10.1. The van der Waals surface area contributed by atoms with Gasteiger partial charge < -0.3 is 4.57 Å². The lowest BCUT2D eigenvalue weighted by Gasteiger charge is -2.07. The standard InChI is InChI=1S/C24H14INS/c25-15-9-11-16(12-10-15)26-20-7-3-1-6-19(20)23-21(26)14-13-18-17-5-2-4-8-22(17)27-24(18)23/h1-14H. The van der Waals surface area contributed by atoms with E-state index in [1.54, 1.807) is 0 Å². The van der Waals surface area contributed by atoms with E-state index in [1.807, 2.05) is 11.3 Å². The molecule has 4 aromatic carbocycles. The van der Waals surface area contributed by atoms with Gasteiger partial charge in [0.2, 0.25) is 0 Å². The molecule has 0 bridgehead atoms. The molecule has 0 radical (unpaired) electrons. The van der Waals surface area contributed by atoms with E-state index in [2.05, 4.69) is 112 Å². The van der Waals surface area contributed by atoms with Crippen LogP contribution >= 0.6 is 33.9 Å². The van der Waals surface area contributed by atoms with Crippen molar-refractivity contribution in [3.63, 3.8) is 0 Å². The number of fused-ring (bicyclic) bond motifs is 7. The molecule has 128 valence electrons. The number of halogens is 1. The van der Waals surface area contributed by atoms with Gasteiger partial charge in [0.25, 0.3) is 0 Å². The smallest absolute Gasteiger partial charge is 0.0555 e. The van der Waals surface area contributed by atoms with E-state index < -0.39 is 0 Å². The zero-order chi connectivity index (χ0) is 18.0. The first-order valence-corrected chi connectivity index (χ1v) is 10.8. The van der Waals surface area contributed by atoms with Gasteiger partial charge >= 0.3 is 0 Å². The molecule has 0 unspecified atom stereocenters. The Morgan fingerprint density at radius 3 is 2.22 bits per heavy atom. The number of thiophene rings is 1. The fourth-order valence-electron chi connectivity index (χ4n) is 4.10. The summed E-state index contributed by atoms with van der Waals surface area (Å²) >= 11 is 4.26. The summed E-state index contributed by atoms with van der Waals surface area (Å²) in [6, 6.07) is 30.8. The summed E-state index contributed by atoms with van der Waals surface area (Å²) in [5.74, 6) is 0. The molecule has 1 nitrogen and oxygen atoms in total. The number of nitrogens with zero attached hydrogens (tertiary/aromatic N) is 1. The Balaban J connectivity index is 1.85. The number of hydrogen-bond acceptors (Lipinski definition) is 1. The summed E-state index contributed by atoms with van der Waals surface area (Å²) in [7, 11) is 0. The van der Waals surface area contributed by atoms with E-state index >= 15 is 0 Å². The second-order valence-electron chi connectivity index (χ2n) is 6.76. The van der Waals surface area contributed by atoms with Crippen molar-refractivity contribution in [3.05, 3.63) is 88.5 Å². The van der Waals surface area contributed by atoms with Crippen LogP contribution in [-0.2, 0) is 0 Å². The Hall–Kier alpha value is -2.37. The Labute approximate surface area is 174 Å². The van der Waals surface area contributed by atoms with Crippen LogP contribution in [0.5, 0.6) is 0 Å². The average molecular weight is 475 g/mol. The van der Waals surface area contributed by atoms with Crippen LogP contribution in [-0.4, -0.2) is 4.57 Å². The van der Waals surface area contributed by atoms with Gasteiger partial charge in [-0.25, -0.2) is 0 Å². The van der Waals surface area contributed by atoms with E-state index in [4.69, 9.17) is 0 Å². The van der Waals surface area contributed by atoms with E-state index in [0.717, 1.165) is 0 Å². The van der Waals surface area contributed by atoms with Gasteiger partial charge in [-0.05, 0) is 65.1 Å². The predicted octanol–water partition coefficient (Wildman–Crippen LogP) is 7.76. The molecule has 0 aliphatic heterocycles. The molecule has 3 heteroatoms. The average Bonchev–Trinajstić information content (AvgIpc) is 3.24. The maximum atomic E-state index is 2.39. The van der Waals surface area contributed by atoms with Crippen LogP contribution in [0.2, 0.25) is 0 Å². The highest BCUT2D eigenvalue weighted by molar-refractivity contribution is 14.1. The van der Waals surface area contributed by atoms with Gasteiger partial charge in [-0.1, -0.05) is 42.5 Å². The first-order chi connectivity index (χ1) is 13.3. The van der Waals surface area contributed by atoms with Crippen molar-refractivity contribution in [3.8, 4) is 5.69 Å². The molecule has 27 heavy (non-hydrogen) atoms. The van der Waals surface area contributed by atoms with Crippen LogP contribution in [0.15, 0.2) is 84.9 Å². The van der Waals surface area contributed by atoms with E-state index in [0.29, 0.717) is 0 Å².